The number of rotatable bonds is 8. The Balaban J connectivity index is 0.000000132. The summed E-state index contributed by atoms with van der Waals surface area (Å²) >= 11 is 10.3. The van der Waals surface area contributed by atoms with Gasteiger partial charge >= 0.3 is 44.7 Å². The van der Waals surface area contributed by atoms with Gasteiger partial charge < -0.3 is 119 Å². The highest BCUT2D eigenvalue weighted by molar-refractivity contribution is 8.07. The van der Waals surface area contributed by atoms with Gasteiger partial charge in [0.15, 0.2) is 111 Å². The number of ether oxygens (including phenoxy) is 7. The van der Waals surface area contributed by atoms with E-state index in [0.29, 0.717) is 0 Å². The topological polar surface area (TPSA) is 934 Å². The number of aromatic amines is 6. The van der Waals surface area contributed by atoms with E-state index in [-0.39, 0.29) is 84.8 Å². The van der Waals surface area contributed by atoms with Crippen molar-refractivity contribution in [2.45, 2.75) is 147 Å². The van der Waals surface area contributed by atoms with E-state index in [1.165, 1.54) is 27.1 Å². The molecule has 9 fully saturated rings. The van der Waals surface area contributed by atoms with Crippen LogP contribution in [0.5, 0.6) is 0 Å². The Hall–Kier alpha value is -10.2. The van der Waals surface area contributed by atoms with Crippen LogP contribution in [0, 0.1) is 0 Å². The summed E-state index contributed by atoms with van der Waals surface area (Å²) in [6, 6.07) is -1.51. The zero-order valence-corrected chi connectivity index (χ0v) is 75.7. The molecule has 0 radical (unpaired) electrons. The molecule has 138 heavy (non-hydrogen) atoms. The zero-order valence-electron chi connectivity index (χ0n) is 68.7. The number of azide groups is 1. The number of aromatic nitrogens is 24. The molecule has 21 rings (SSSR count). The summed E-state index contributed by atoms with van der Waals surface area (Å²) in [7, 11) is -19.2. The number of phosphoric ester groups is 4. The second kappa shape index (κ2) is 37.0. The minimum Gasteiger partial charge on any atom is -0.387 e. The van der Waals surface area contributed by atoms with Crippen molar-refractivity contribution < 1.29 is 155 Å². The average Bonchev–Trinajstić information content (AvgIpc) is 1.58. The largest absolute Gasteiger partial charge is 0.472 e. The summed E-state index contributed by atoms with van der Waals surface area (Å²) in [5.74, 6) is -0.795. The minimum absolute atomic E-state index is 0.00208. The lowest BCUT2D eigenvalue weighted by molar-refractivity contribution is -0.0674. The van der Waals surface area contributed by atoms with Gasteiger partial charge in [0.1, 0.15) is 91.6 Å². The third-order valence-corrected chi connectivity index (χ3v) is 29.3. The second-order valence-electron chi connectivity index (χ2n) is 30.7. The smallest absolute Gasteiger partial charge is 0.387 e. The molecule has 9 aliphatic heterocycles. The van der Waals surface area contributed by atoms with Crippen LogP contribution in [0.15, 0.2) is 90.8 Å². The number of nitrogen functional groups attached to an aromatic ring is 3. The second-order valence-corrected chi connectivity index (χ2v) is 41.9. The quantitative estimate of drug-likeness (QED) is 0.0294. The van der Waals surface area contributed by atoms with Gasteiger partial charge in [0.05, 0.1) is 109 Å². The number of nitrogens with zero attached hydrogens (tertiary/aromatic N) is 21. The van der Waals surface area contributed by atoms with Gasteiger partial charge in [-0.05, 0) is 29.1 Å². The van der Waals surface area contributed by atoms with Crippen LogP contribution in [-0.2, 0) is 129 Å². The molecule has 9 aliphatic rings. The fourth-order valence-corrected chi connectivity index (χ4v) is 22.9. The number of aliphatic hydroxyl groups is 3. The van der Waals surface area contributed by atoms with Crippen molar-refractivity contribution in [2.24, 2.45) is 5.11 Å². The Morgan fingerprint density at radius 3 is 1.12 bits per heavy atom. The molecule has 30 atom stereocenters. The van der Waals surface area contributed by atoms with Gasteiger partial charge in [-0.3, -0.25) is 116 Å². The Kier molecular flexibility index (Phi) is 26.0. The van der Waals surface area contributed by atoms with Crippen LogP contribution < -0.4 is 50.6 Å². The Morgan fingerprint density at radius 1 is 0.399 bits per heavy atom. The van der Waals surface area contributed by atoms with Crippen molar-refractivity contribution in [1.82, 2.24) is 117 Å². The van der Waals surface area contributed by atoms with E-state index < -0.39 is 265 Å². The molecule has 6 unspecified atom stereocenters. The number of anilines is 3. The van der Waals surface area contributed by atoms with Crippen molar-refractivity contribution in [2.75, 3.05) is 64.0 Å². The third kappa shape index (κ3) is 18.6. The number of alkyl halides is 1. The highest BCUT2D eigenvalue weighted by atomic mass is 32.5. The molecule has 0 spiro atoms. The summed E-state index contributed by atoms with van der Waals surface area (Å²) in [5.41, 5.74) is 21.5. The van der Waals surface area contributed by atoms with Gasteiger partial charge in [0.2, 0.25) is 17.8 Å². The fraction of sp³-hybridized carbons (Fsp3) is 0.508. The standard InChI is InChI=1S/C21H25N9O14P2.C20H22FN9O11P2S2.C20H22N12O13P2/c1-38-13-8-3-40-45(34,35)43-12-7(41-19(11(12)31)29-5-25-9-15(29)23-4-24-17(9)32)2-39-46(36,37)44-14(13)20(42-8)30-6-26-10-16(30)27-21(22)28-18(10)33;21-8-12-7(39-18(8)29-4-25-9-14(29)23-3-24-16(9)32)2-37-43(35,45)41-13-11(31)6(1-36-42(34,44)40-12)38-19(13)30-5-26-10-15(30)27-20(22)28-17(10)33;21-20-27-15-10(17(35)28-20)26-5-32(15)19-13-8(29-30-22)6(42-19)1-40-46(36,37)44-12-7(2-41-47(38,39)45-13)43-18(11(12)33)31-4-25-9-14(31)23-3-24-16(9)34/h4-8,11-14,19-20,31H,2-3H2,1H3,(H,34,35)(H,36,37)(H,23,24,32)(H3,22,27,28,33);3-8,11-13,18-19,31H,1-2H2,(H,34,44)(H,35,45)(H,23,24,32)(H3,22,27,28,33);3-8,11-13,18-19,33H,1-2H2,(H,36,37)(H,38,39)(H,23,24,34)(H3,21,27,28,35)/t7-,8-,11-,12-,13-,14-,19-,20-;6-,7-,8+,11-,12-,13-,18-,19-,42?,43?;6-,7-,8-,11-,12-,13-,18-,19-/m111/s1. The van der Waals surface area contributed by atoms with Crippen molar-refractivity contribution in [3.8, 4) is 0 Å². The number of nitrogens with two attached hydrogens (primary N) is 3. The monoisotopic (exact) mass is 2100 g/mol. The van der Waals surface area contributed by atoms with Crippen LogP contribution in [0.4, 0.5) is 22.2 Å². The number of H-pyrrole nitrogens is 6. The number of halogens is 1. The first kappa shape index (κ1) is 96.7. The molecule has 0 amide bonds. The summed E-state index contributed by atoms with van der Waals surface area (Å²) in [6.45, 7) is -13.1. The summed E-state index contributed by atoms with van der Waals surface area (Å²) in [6.07, 6.45) is -25.0. The molecular weight excluding hydrogens is 2030 g/mol. The van der Waals surface area contributed by atoms with Crippen LogP contribution in [0.1, 0.15) is 37.4 Å². The Morgan fingerprint density at radius 2 is 0.703 bits per heavy atom. The third-order valence-electron chi connectivity index (χ3n) is 22.3. The number of phosphoric acid groups is 4. The number of hydrogen-bond donors (Lipinski definition) is 18. The lowest BCUT2D eigenvalue weighted by Gasteiger charge is -2.27. The maximum absolute atomic E-state index is 16.0. The predicted octanol–water partition coefficient (Wildman–Crippen LogP) is -4.71. The van der Waals surface area contributed by atoms with E-state index in [2.05, 4.69) is 99.7 Å². The van der Waals surface area contributed by atoms with Crippen LogP contribution in [0.2, 0.25) is 0 Å². The van der Waals surface area contributed by atoms with E-state index in [1.807, 2.05) is 0 Å². The van der Waals surface area contributed by atoms with Crippen molar-refractivity contribution in [3.05, 3.63) is 130 Å². The zero-order chi connectivity index (χ0) is 97.6. The van der Waals surface area contributed by atoms with Gasteiger partial charge in [-0.25, -0.2) is 67.5 Å². The molecular formula is C61H69FN30O38P6S2. The molecule has 12 aromatic heterocycles. The van der Waals surface area contributed by atoms with Crippen LogP contribution in [0.25, 0.3) is 77.4 Å². The summed E-state index contributed by atoms with van der Waals surface area (Å²) in [4.78, 5) is 203. The molecule has 0 aliphatic carbocycles. The number of fused-ring (bicyclic) bond motifs is 15. The first-order chi connectivity index (χ1) is 65.5. The van der Waals surface area contributed by atoms with Gasteiger partial charge in [0.25, 0.3) is 33.4 Å². The lowest BCUT2D eigenvalue weighted by atomic mass is 10.1. The molecule has 6 bridgehead atoms. The Bertz CT molecular complexity index is 7530. The normalized spacial score (nSPS) is 37.0. The van der Waals surface area contributed by atoms with Gasteiger partial charge in [-0.1, -0.05) is 5.11 Å². The number of hydrogen-bond acceptors (Lipinski definition) is 50. The molecule has 0 aromatic carbocycles. The number of methoxy groups -OCH3 is 1. The summed E-state index contributed by atoms with van der Waals surface area (Å²) in [5, 5.41) is 37.0. The van der Waals surface area contributed by atoms with Gasteiger partial charge in [-0.2, -0.15) is 15.0 Å². The lowest BCUT2D eigenvalue weighted by Crippen LogP contribution is -2.37. The molecule has 77 heteroatoms. The molecule has 740 valence electrons. The highest BCUT2D eigenvalue weighted by Gasteiger charge is 2.59. The number of nitrogens with one attached hydrogen (secondary N) is 6. The van der Waals surface area contributed by atoms with Gasteiger partial charge in [0, 0.05) is 12.0 Å². The predicted molar refractivity (Wildman–Crippen MR) is 449 cm³/mol. The maximum atomic E-state index is 16.0. The SMILES string of the molecule is CO[C@H]1[C@H]2OP(=O)(O)OC[C@H]3O[C@@H](n4cnc5c(=O)[nH]cnc54)[C@H](O)[C@@H]3OP(=O)(O)OC[C@H]1O[C@H]2n1cnc2c(=O)[nH]c(N)nc21.Nc1nc2c(ncn2[C@@H]2O[C@@H]3COP(O)(=S)O[C@H]4[C@H](F)[C@H](n5cnc6c(=O)[nH]cnc65)O[C@@H]4COP(O)(=S)O[C@@H]2[C@@H]3O)c(=O)[nH]1.[N-]=[N+]=N[C@H]1[C@H]2OP(=O)(O)OC[C@H]3O[C@@H](n4cnc5c(=O)[nH]cnc54)[C@H](O)[C@@H]3OP(=O)(O)OC[C@H]1O[C@H]2n1cnc2c(=O)[nH]c(N)nc21. The Labute approximate surface area is 767 Å². The van der Waals surface area contributed by atoms with Crippen molar-refractivity contribution >= 4 is 153 Å². The molecule has 21 heterocycles. The maximum Gasteiger partial charge on any atom is 0.472 e. The van der Waals surface area contributed by atoms with Crippen molar-refractivity contribution in [3.63, 3.8) is 0 Å². The average molecular weight is 2100 g/mol. The molecule has 21 N–H and O–H groups in total. The van der Waals surface area contributed by atoms with Crippen molar-refractivity contribution in [1.29, 1.82) is 0 Å². The highest BCUT2D eigenvalue weighted by Crippen LogP contribution is 2.59. The number of imidazole rings is 6. The van der Waals surface area contributed by atoms with Crippen LogP contribution >= 0.6 is 44.7 Å². The van der Waals surface area contributed by atoms with E-state index in [9.17, 15) is 97.2 Å². The van der Waals surface area contributed by atoms with E-state index in [1.54, 1.807) is 0 Å². The van der Waals surface area contributed by atoms with E-state index in [4.69, 9.17) is 128 Å². The molecule has 12 aromatic rings. The first-order valence-electron chi connectivity index (χ1n) is 39.5. The van der Waals surface area contributed by atoms with Crippen LogP contribution in [0.3, 0.4) is 0 Å². The molecule has 9 saturated heterocycles. The fourth-order valence-electron chi connectivity index (χ4n) is 16.3. The van der Waals surface area contributed by atoms with Crippen LogP contribution in [-0.4, -0.2) is 318 Å². The van der Waals surface area contributed by atoms with E-state index in [0.717, 1.165) is 64.3 Å². The molecule has 0 saturated carbocycles. The minimum atomic E-state index is -5.18. The van der Waals surface area contributed by atoms with E-state index >= 15 is 4.39 Å². The van der Waals surface area contributed by atoms with Gasteiger partial charge in [-0.15, -0.1) is 0 Å². The summed E-state index contributed by atoms with van der Waals surface area (Å²) < 4.78 is 181. The molecule has 68 nitrogen and oxygen atoms in total. The number of aliphatic hydroxyl groups excluding tert-OH is 3. The first-order valence-corrected chi connectivity index (χ1v) is 50.7.